The van der Waals surface area contributed by atoms with Crippen molar-refractivity contribution in [3.05, 3.63) is 76.2 Å². The maximum absolute atomic E-state index is 13.1. The van der Waals surface area contributed by atoms with E-state index in [0.29, 0.717) is 17.4 Å². The number of rotatable bonds is 8. The van der Waals surface area contributed by atoms with Crippen LogP contribution in [0, 0.1) is 6.92 Å². The number of hydrogen-bond donors (Lipinski definition) is 1. The van der Waals surface area contributed by atoms with Crippen molar-refractivity contribution in [2.24, 2.45) is 7.05 Å². The zero-order valence-corrected chi connectivity index (χ0v) is 20.1. The number of thioether (sulfide) groups is 1. The van der Waals surface area contributed by atoms with Gasteiger partial charge in [-0.3, -0.25) is 14.3 Å². The highest BCUT2D eigenvalue weighted by atomic mass is 32.2. The number of tetrazole rings is 1. The summed E-state index contributed by atoms with van der Waals surface area (Å²) < 4.78 is 10.1. The SMILES string of the molecule is COc1ccc(Cn2nnnc2S[C@@H](C)C(=O)Nc2c(C)n(C)n(-c3ccccc3)c2=O)cc1. The predicted octanol–water partition coefficient (Wildman–Crippen LogP) is 2.65. The number of ether oxygens (including phenoxy) is 1. The Balaban J connectivity index is 1.48. The van der Waals surface area contributed by atoms with E-state index in [9.17, 15) is 9.59 Å². The summed E-state index contributed by atoms with van der Waals surface area (Å²) in [5.74, 6) is 0.456. The van der Waals surface area contributed by atoms with E-state index in [2.05, 4.69) is 20.8 Å². The zero-order valence-electron chi connectivity index (χ0n) is 19.3. The summed E-state index contributed by atoms with van der Waals surface area (Å²) in [6.45, 7) is 4.00. The lowest BCUT2D eigenvalue weighted by Gasteiger charge is -2.11. The molecule has 2 heterocycles. The quantitative estimate of drug-likeness (QED) is 0.387. The molecule has 0 aliphatic carbocycles. The molecule has 2 aromatic heterocycles. The summed E-state index contributed by atoms with van der Waals surface area (Å²) in [4.78, 5) is 26.0. The average Bonchev–Trinajstić information content (AvgIpc) is 3.37. The summed E-state index contributed by atoms with van der Waals surface area (Å²) in [5, 5.41) is 14.6. The lowest BCUT2D eigenvalue weighted by atomic mass is 10.2. The molecular weight excluding hydrogens is 454 g/mol. The Morgan fingerprint density at radius 2 is 1.85 bits per heavy atom. The Bertz CT molecular complexity index is 1340. The standard InChI is InChI=1S/C23H25N7O3S/c1-15-20(22(32)30(28(15)3)18-8-6-5-7-9-18)24-21(31)16(2)34-23-25-26-27-29(23)14-17-10-12-19(33-4)13-11-17/h5-13,16H,14H2,1-4H3,(H,24,31)/t16-/m0/s1. The summed E-state index contributed by atoms with van der Waals surface area (Å²) in [7, 11) is 3.40. The molecule has 1 N–H and O–H groups in total. The van der Waals surface area contributed by atoms with Gasteiger partial charge in [-0.05, 0) is 54.1 Å². The van der Waals surface area contributed by atoms with Crippen LogP contribution in [0.3, 0.4) is 0 Å². The van der Waals surface area contributed by atoms with E-state index in [1.54, 1.807) is 37.4 Å². The Labute approximate surface area is 200 Å². The maximum Gasteiger partial charge on any atom is 0.295 e. The summed E-state index contributed by atoms with van der Waals surface area (Å²) in [5.41, 5.74) is 2.33. The monoisotopic (exact) mass is 479 g/mol. The highest BCUT2D eigenvalue weighted by molar-refractivity contribution is 8.00. The normalized spacial score (nSPS) is 11.9. The van der Waals surface area contributed by atoms with Gasteiger partial charge in [0.2, 0.25) is 11.1 Å². The van der Waals surface area contributed by atoms with Gasteiger partial charge in [0.15, 0.2) is 0 Å². The van der Waals surface area contributed by atoms with Gasteiger partial charge in [-0.25, -0.2) is 9.36 Å². The smallest absolute Gasteiger partial charge is 0.295 e. The van der Waals surface area contributed by atoms with E-state index < -0.39 is 5.25 Å². The third-order valence-corrected chi connectivity index (χ3v) is 6.52. The molecule has 0 radical (unpaired) electrons. The molecular formula is C23H25N7O3S. The van der Waals surface area contributed by atoms with Gasteiger partial charge < -0.3 is 10.1 Å². The largest absolute Gasteiger partial charge is 0.497 e. The van der Waals surface area contributed by atoms with Gasteiger partial charge in [-0.15, -0.1) is 5.10 Å². The molecule has 10 nitrogen and oxygen atoms in total. The Morgan fingerprint density at radius 3 is 2.53 bits per heavy atom. The molecule has 1 amide bonds. The van der Waals surface area contributed by atoms with E-state index in [4.69, 9.17) is 4.74 Å². The van der Waals surface area contributed by atoms with Gasteiger partial charge in [-0.1, -0.05) is 42.1 Å². The molecule has 1 atom stereocenters. The predicted molar refractivity (Wildman–Crippen MR) is 130 cm³/mol. The van der Waals surface area contributed by atoms with Gasteiger partial charge in [0, 0.05) is 7.05 Å². The van der Waals surface area contributed by atoms with Crippen molar-refractivity contribution in [2.75, 3.05) is 12.4 Å². The minimum Gasteiger partial charge on any atom is -0.497 e. The Hall–Kier alpha value is -3.86. The molecule has 34 heavy (non-hydrogen) atoms. The van der Waals surface area contributed by atoms with Crippen molar-refractivity contribution in [3.63, 3.8) is 0 Å². The first-order valence-corrected chi connectivity index (χ1v) is 11.5. The van der Waals surface area contributed by atoms with Gasteiger partial charge in [0.1, 0.15) is 11.4 Å². The van der Waals surface area contributed by atoms with Gasteiger partial charge in [-0.2, -0.15) is 0 Å². The molecule has 4 rings (SSSR count). The van der Waals surface area contributed by atoms with Crippen LogP contribution in [0.1, 0.15) is 18.2 Å². The number of methoxy groups -OCH3 is 1. The van der Waals surface area contributed by atoms with Gasteiger partial charge in [0.05, 0.1) is 30.3 Å². The number of amides is 1. The Morgan fingerprint density at radius 1 is 1.15 bits per heavy atom. The molecule has 0 unspecified atom stereocenters. The van der Waals surface area contributed by atoms with Crippen LogP contribution in [0.5, 0.6) is 5.75 Å². The van der Waals surface area contributed by atoms with Crippen molar-refractivity contribution >= 4 is 23.4 Å². The van der Waals surface area contributed by atoms with Crippen molar-refractivity contribution in [3.8, 4) is 11.4 Å². The van der Waals surface area contributed by atoms with E-state index in [0.717, 1.165) is 17.0 Å². The summed E-state index contributed by atoms with van der Waals surface area (Å²) >= 11 is 1.22. The number of nitrogens with zero attached hydrogens (tertiary/aromatic N) is 6. The lowest BCUT2D eigenvalue weighted by Crippen LogP contribution is -2.27. The number of hydrogen-bond acceptors (Lipinski definition) is 7. The molecule has 11 heteroatoms. The van der Waals surface area contributed by atoms with Crippen LogP contribution in [-0.4, -0.2) is 47.8 Å². The molecule has 0 fully saturated rings. The summed E-state index contributed by atoms with van der Waals surface area (Å²) in [6, 6.07) is 16.9. The third-order valence-electron chi connectivity index (χ3n) is 5.44. The fourth-order valence-electron chi connectivity index (χ4n) is 3.43. The first kappa shape index (κ1) is 23.3. The van der Waals surface area contributed by atoms with Crippen LogP contribution >= 0.6 is 11.8 Å². The number of nitrogens with one attached hydrogen (secondary N) is 1. The molecule has 176 valence electrons. The topological polar surface area (TPSA) is 109 Å². The second-order valence-corrected chi connectivity index (χ2v) is 8.96. The second-order valence-electron chi connectivity index (χ2n) is 7.65. The van der Waals surface area contributed by atoms with E-state index >= 15 is 0 Å². The first-order chi connectivity index (χ1) is 16.4. The van der Waals surface area contributed by atoms with E-state index in [1.807, 2.05) is 54.6 Å². The molecule has 0 bridgehead atoms. The number of carbonyl (C=O) groups is 1. The minimum absolute atomic E-state index is 0.252. The number of carbonyl (C=O) groups excluding carboxylic acids is 1. The van der Waals surface area contributed by atoms with Crippen LogP contribution in [0.4, 0.5) is 5.69 Å². The maximum atomic E-state index is 13.1. The van der Waals surface area contributed by atoms with Crippen molar-refractivity contribution in [1.82, 2.24) is 29.6 Å². The van der Waals surface area contributed by atoms with Crippen LogP contribution in [0.25, 0.3) is 5.69 Å². The van der Waals surface area contributed by atoms with Crippen LogP contribution < -0.4 is 15.6 Å². The van der Waals surface area contributed by atoms with E-state index in [1.165, 1.54) is 16.4 Å². The molecule has 0 saturated heterocycles. The minimum atomic E-state index is -0.537. The van der Waals surface area contributed by atoms with Crippen molar-refractivity contribution in [1.29, 1.82) is 0 Å². The van der Waals surface area contributed by atoms with Crippen LogP contribution in [-0.2, 0) is 18.4 Å². The number of para-hydroxylation sites is 1. The fraction of sp³-hybridized carbons (Fsp3) is 0.261. The number of aromatic nitrogens is 6. The number of benzene rings is 2. The van der Waals surface area contributed by atoms with Crippen LogP contribution in [0.2, 0.25) is 0 Å². The Kier molecular flexibility index (Phi) is 6.82. The molecule has 2 aromatic carbocycles. The molecule has 0 saturated carbocycles. The van der Waals surface area contributed by atoms with E-state index in [-0.39, 0.29) is 17.2 Å². The lowest BCUT2D eigenvalue weighted by molar-refractivity contribution is -0.115. The molecule has 0 aliphatic rings. The van der Waals surface area contributed by atoms with Gasteiger partial charge in [0.25, 0.3) is 5.56 Å². The van der Waals surface area contributed by atoms with Crippen molar-refractivity contribution < 1.29 is 9.53 Å². The third kappa shape index (κ3) is 4.74. The second kappa shape index (κ2) is 9.96. The number of anilines is 1. The molecule has 0 aliphatic heterocycles. The van der Waals surface area contributed by atoms with Crippen molar-refractivity contribution in [2.45, 2.75) is 30.8 Å². The van der Waals surface area contributed by atoms with Gasteiger partial charge >= 0.3 is 0 Å². The zero-order chi connectivity index (χ0) is 24.2. The molecule has 0 spiro atoms. The fourth-order valence-corrected chi connectivity index (χ4v) is 4.22. The average molecular weight is 480 g/mol. The summed E-state index contributed by atoms with van der Waals surface area (Å²) in [6.07, 6.45) is 0. The molecule has 4 aromatic rings. The first-order valence-electron chi connectivity index (χ1n) is 10.6. The van der Waals surface area contributed by atoms with Crippen LogP contribution in [0.15, 0.2) is 64.5 Å². The highest BCUT2D eigenvalue weighted by Crippen LogP contribution is 2.23. The highest BCUT2D eigenvalue weighted by Gasteiger charge is 2.23.